The summed E-state index contributed by atoms with van der Waals surface area (Å²) >= 11 is 0. The van der Waals surface area contributed by atoms with E-state index in [0.29, 0.717) is 13.0 Å². The zero-order valence-corrected chi connectivity index (χ0v) is 16.5. The van der Waals surface area contributed by atoms with Crippen molar-refractivity contribution in [3.8, 4) is 5.75 Å². The molecule has 7 heteroatoms. The molecule has 0 saturated heterocycles. The number of phenols is 1. The van der Waals surface area contributed by atoms with Crippen LogP contribution in [0.3, 0.4) is 0 Å². The Morgan fingerprint density at radius 1 is 0.862 bits per heavy atom. The molecule has 3 rings (SSSR count). The average Bonchev–Trinajstić information content (AvgIpc) is 2.73. The molecule has 0 aromatic heterocycles. The topological polar surface area (TPSA) is 95.5 Å². The van der Waals surface area contributed by atoms with E-state index in [1.54, 1.807) is 30.3 Å². The Hall–Kier alpha value is -3.16. The van der Waals surface area contributed by atoms with Crippen LogP contribution >= 0.6 is 0 Å². The molecule has 1 amide bonds. The molecule has 150 valence electrons. The normalized spacial score (nSPS) is 11.2. The number of nitrogens with one attached hydrogen (secondary N) is 2. The molecule has 29 heavy (non-hydrogen) atoms. The fourth-order valence-corrected chi connectivity index (χ4v) is 3.86. The van der Waals surface area contributed by atoms with Gasteiger partial charge >= 0.3 is 0 Å². The van der Waals surface area contributed by atoms with E-state index in [9.17, 15) is 18.3 Å². The maximum atomic E-state index is 12.5. The fourth-order valence-electron chi connectivity index (χ4n) is 2.80. The molecule has 0 fully saturated rings. The second-order valence-electron chi connectivity index (χ2n) is 6.51. The molecular weight excluding hydrogens is 388 g/mol. The van der Waals surface area contributed by atoms with Crippen LogP contribution in [-0.2, 0) is 23.0 Å². The average molecular weight is 410 g/mol. The molecule has 0 radical (unpaired) electrons. The Bertz CT molecular complexity index is 1080. The minimum absolute atomic E-state index is 0.0362. The molecule has 0 heterocycles. The summed E-state index contributed by atoms with van der Waals surface area (Å²) in [4.78, 5) is 12.4. The van der Waals surface area contributed by atoms with Gasteiger partial charge in [-0.25, -0.2) is 13.1 Å². The van der Waals surface area contributed by atoms with Gasteiger partial charge in [0.2, 0.25) is 10.0 Å². The standard InChI is InChI=1S/C22H22N2O4S/c25-20-10-4-8-17(14-20)12-13-23-22(26)19-9-5-11-21(15-19)29(27,28)24-16-18-6-2-1-3-7-18/h1-11,14-15,24-25H,12-13,16H2,(H,23,26). The van der Waals surface area contributed by atoms with E-state index in [-0.39, 0.29) is 28.7 Å². The number of benzene rings is 3. The smallest absolute Gasteiger partial charge is 0.251 e. The number of amides is 1. The van der Waals surface area contributed by atoms with Crippen molar-refractivity contribution in [3.05, 3.63) is 95.6 Å². The van der Waals surface area contributed by atoms with Crippen LogP contribution in [0.4, 0.5) is 0 Å². The first-order valence-corrected chi connectivity index (χ1v) is 10.6. The van der Waals surface area contributed by atoms with E-state index >= 15 is 0 Å². The lowest BCUT2D eigenvalue weighted by Crippen LogP contribution is -2.27. The van der Waals surface area contributed by atoms with Gasteiger partial charge in [-0.2, -0.15) is 0 Å². The predicted molar refractivity (Wildman–Crippen MR) is 111 cm³/mol. The summed E-state index contributed by atoms with van der Waals surface area (Å²) in [6, 6.07) is 21.9. The molecule has 3 N–H and O–H groups in total. The first kappa shape index (κ1) is 20.6. The number of aromatic hydroxyl groups is 1. The van der Waals surface area contributed by atoms with Gasteiger partial charge in [0.15, 0.2) is 0 Å². The zero-order valence-electron chi connectivity index (χ0n) is 15.7. The molecular formula is C22H22N2O4S. The maximum absolute atomic E-state index is 12.5. The summed E-state index contributed by atoms with van der Waals surface area (Å²) in [5, 5.41) is 12.2. The van der Waals surface area contributed by atoms with Crippen molar-refractivity contribution in [2.75, 3.05) is 6.54 Å². The van der Waals surface area contributed by atoms with Crippen LogP contribution in [0.5, 0.6) is 5.75 Å². The summed E-state index contributed by atoms with van der Waals surface area (Å²) in [5.41, 5.74) is 2.01. The molecule has 6 nitrogen and oxygen atoms in total. The molecule has 0 atom stereocenters. The molecule has 0 aliphatic carbocycles. The van der Waals surface area contributed by atoms with Gasteiger partial charge in [0.1, 0.15) is 5.75 Å². The van der Waals surface area contributed by atoms with Crippen LogP contribution in [0.25, 0.3) is 0 Å². The number of hydrogen-bond donors (Lipinski definition) is 3. The van der Waals surface area contributed by atoms with Gasteiger partial charge in [-0.15, -0.1) is 0 Å². The van der Waals surface area contributed by atoms with E-state index in [2.05, 4.69) is 10.0 Å². The predicted octanol–water partition coefficient (Wildman–Crippen LogP) is 2.84. The fraction of sp³-hybridized carbons (Fsp3) is 0.136. The second kappa shape index (κ2) is 9.36. The lowest BCUT2D eigenvalue weighted by atomic mass is 10.1. The molecule has 0 unspecified atom stereocenters. The number of carbonyl (C=O) groups excluding carboxylic acids is 1. The molecule has 3 aromatic rings. The summed E-state index contributed by atoms with van der Waals surface area (Å²) in [6.07, 6.45) is 0.552. The monoisotopic (exact) mass is 410 g/mol. The third-order valence-corrected chi connectivity index (χ3v) is 5.72. The van der Waals surface area contributed by atoms with Gasteiger partial charge < -0.3 is 10.4 Å². The van der Waals surface area contributed by atoms with E-state index < -0.39 is 10.0 Å². The van der Waals surface area contributed by atoms with Gasteiger partial charge in [-0.3, -0.25) is 4.79 Å². The number of phenolic OH excluding ortho intramolecular Hbond substituents is 1. The molecule has 3 aromatic carbocycles. The number of rotatable bonds is 8. The largest absolute Gasteiger partial charge is 0.508 e. The Morgan fingerprint density at radius 3 is 2.34 bits per heavy atom. The maximum Gasteiger partial charge on any atom is 0.251 e. The quantitative estimate of drug-likeness (QED) is 0.532. The highest BCUT2D eigenvalue weighted by Crippen LogP contribution is 2.13. The number of sulfonamides is 1. The highest BCUT2D eigenvalue weighted by Gasteiger charge is 2.16. The third kappa shape index (κ3) is 5.91. The Labute approximate surface area is 170 Å². The van der Waals surface area contributed by atoms with Crippen LogP contribution in [0.15, 0.2) is 83.8 Å². The molecule has 0 bridgehead atoms. The summed E-state index contributed by atoms with van der Waals surface area (Å²) in [5.74, 6) is -0.181. The summed E-state index contributed by atoms with van der Waals surface area (Å²) < 4.78 is 27.6. The second-order valence-corrected chi connectivity index (χ2v) is 8.28. The van der Waals surface area contributed by atoms with Crippen molar-refractivity contribution >= 4 is 15.9 Å². The summed E-state index contributed by atoms with van der Waals surface area (Å²) in [6.45, 7) is 0.537. The molecule has 0 spiro atoms. The molecule has 0 saturated carbocycles. The van der Waals surface area contributed by atoms with E-state index in [0.717, 1.165) is 11.1 Å². The Balaban J connectivity index is 1.61. The van der Waals surface area contributed by atoms with E-state index in [1.165, 1.54) is 12.1 Å². The third-order valence-electron chi connectivity index (χ3n) is 4.33. The molecule has 0 aliphatic rings. The number of carbonyl (C=O) groups is 1. The highest BCUT2D eigenvalue weighted by atomic mass is 32.2. The van der Waals surface area contributed by atoms with Gasteiger partial charge in [0.25, 0.3) is 5.91 Å². The van der Waals surface area contributed by atoms with Crippen molar-refractivity contribution in [2.45, 2.75) is 17.9 Å². The van der Waals surface area contributed by atoms with Gasteiger partial charge in [-0.05, 0) is 47.9 Å². The van der Waals surface area contributed by atoms with Crippen molar-refractivity contribution in [1.82, 2.24) is 10.0 Å². The molecule has 0 aliphatic heterocycles. The lowest BCUT2D eigenvalue weighted by molar-refractivity contribution is 0.0954. The highest BCUT2D eigenvalue weighted by molar-refractivity contribution is 7.89. The van der Waals surface area contributed by atoms with Gasteiger partial charge in [-0.1, -0.05) is 48.5 Å². The first-order valence-electron chi connectivity index (χ1n) is 9.14. The Kier molecular flexibility index (Phi) is 6.64. The van der Waals surface area contributed by atoms with E-state index in [1.807, 2.05) is 36.4 Å². The van der Waals surface area contributed by atoms with Gasteiger partial charge in [0.05, 0.1) is 4.90 Å². The minimum Gasteiger partial charge on any atom is -0.508 e. The minimum atomic E-state index is -3.74. The Morgan fingerprint density at radius 2 is 1.59 bits per heavy atom. The number of hydrogen-bond acceptors (Lipinski definition) is 4. The van der Waals surface area contributed by atoms with Gasteiger partial charge in [0, 0.05) is 18.7 Å². The van der Waals surface area contributed by atoms with Crippen LogP contribution in [0.1, 0.15) is 21.5 Å². The van der Waals surface area contributed by atoms with E-state index in [4.69, 9.17) is 0 Å². The summed E-state index contributed by atoms with van der Waals surface area (Å²) in [7, 11) is -3.74. The van der Waals surface area contributed by atoms with Crippen molar-refractivity contribution in [2.24, 2.45) is 0 Å². The SMILES string of the molecule is O=C(NCCc1cccc(O)c1)c1cccc(S(=O)(=O)NCc2ccccc2)c1. The van der Waals surface area contributed by atoms with Crippen molar-refractivity contribution in [1.29, 1.82) is 0 Å². The van der Waals surface area contributed by atoms with Crippen LogP contribution in [0, 0.1) is 0 Å². The lowest BCUT2D eigenvalue weighted by Gasteiger charge is -2.09. The van der Waals surface area contributed by atoms with Crippen LogP contribution < -0.4 is 10.0 Å². The van der Waals surface area contributed by atoms with Crippen molar-refractivity contribution in [3.63, 3.8) is 0 Å². The van der Waals surface area contributed by atoms with Crippen molar-refractivity contribution < 1.29 is 18.3 Å². The van der Waals surface area contributed by atoms with Crippen LogP contribution in [-0.4, -0.2) is 26.0 Å². The zero-order chi connectivity index (χ0) is 20.7. The first-order chi connectivity index (χ1) is 13.9. The van der Waals surface area contributed by atoms with Crippen LogP contribution in [0.2, 0.25) is 0 Å².